The number of anilines is 3. The van der Waals surface area contributed by atoms with Gasteiger partial charge in [-0.25, -0.2) is 28.9 Å². The number of likely N-dealkylation sites (N-methyl/N-ethyl adjacent to an activating group) is 1. The Labute approximate surface area is 227 Å². The normalized spacial score (nSPS) is 23.6. The molecular formula is C25H36FN9O4. The molecule has 0 spiro atoms. The van der Waals surface area contributed by atoms with E-state index in [-0.39, 0.29) is 36.6 Å². The molecule has 0 bridgehead atoms. The first-order valence-corrected chi connectivity index (χ1v) is 13.1. The molecule has 4 heterocycles. The summed E-state index contributed by atoms with van der Waals surface area (Å²) in [5.41, 5.74) is 0. The lowest BCUT2D eigenvalue weighted by Gasteiger charge is -2.39. The Hall–Kier alpha value is -3.81. The molecule has 13 nitrogen and oxygen atoms in total. The van der Waals surface area contributed by atoms with E-state index < -0.39 is 24.3 Å². The number of carbonyl (C=O) groups is 2. The average molecular weight is 546 g/mol. The molecule has 2 aromatic rings. The van der Waals surface area contributed by atoms with Gasteiger partial charge in [0.05, 0.1) is 25.0 Å². The second kappa shape index (κ2) is 12.8. The van der Waals surface area contributed by atoms with Crippen LogP contribution in [0.5, 0.6) is 5.88 Å². The van der Waals surface area contributed by atoms with Gasteiger partial charge in [0.15, 0.2) is 5.82 Å². The van der Waals surface area contributed by atoms with Crippen molar-refractivity contribution >= 4 is 29.7 Å². The van der Waals surface area contributed by atoms with Gasteiger partial charge in [-0.2, -0.15) is 4.98 Å². The highest BCUT2D eigenvalue weighted by Crippen LogP contribution is 2.24. The van der Waals surface area contributed by atoms with Gasteiger partial charge in [0.25, 0.3) is 0 Å². The highest BCUT2D eigenvalue weighted by atomic mass is 19.1. The Morgan fingerprint density at radius 1 is 1.13 bits per heavy atom. The molecule has 0 aliphatic carbocycles. The first-order valence-electron chi connectivity index (χ1n) is 13.1. The summed E-state index contributed by atoms with van der Waals surface area (Å²) >= 11 is 0. The molecule has 0 saturated carbocycles. The molecule has 2 aromatic heterocycles. The number of hydrogen-bond acceptors (Lipinski definition) is 10. The van der Waals surface area contributed by atoms with Gasteiger partial charge in [-0.3, -0.25) is 10.6 Å². The fourth-order valence-corrected chi connectivity index (χ4v) is 4.75. The lowest BCUT2D eigenvalue weighted by Crippen LogP contribution is -2.55. The maximum atomic E-state index is 14.9. The molecule has 2 N–H and O–H groups in total. The average Bonchev–Trinajstić information content (AvgIpc) is 2.91. The third-order valence-electron chi connectivity index (χ3n) is 6.92. The molecule has 2 saturated heterocycles. The molecular weight excluding hydrogens is 509 g/mol. The molecule has 0 aromatic carbocycles. The van der Waals surface area contributed by atoms with Crippen molar-refractivity contribution in [1.29, 1.82) is 0 Å². The van der Waals surface area contributed by atoms with Crippen molar-refractivity contribution in [3.8, 4) is 5.88 Å². The van der Waals surface area contributed by atoms with Crippen molar-refractivity contribution < 1.29 is 23.5 Å². The van der Waals surface area contributed by atoms with E-state index in [2.05, 4.69) is 42.4 Å². The van der Waals surface area contributed by atoms with Gasteiger partial charge < -0.3 is 24.2 Å². The van der Waals surface area contributed by atoms with Crippen LogP contribution < -0.4 is 20.3 Å². The summed E-state index contributed by atoms with van der Waals surface area (Å²) in [4.78, 5) is 47.6. The predicted molar refractivity (Wildman–Crippen MR) is 143 cm³/mol. The quantitative estimate of drug-likeness (QED) is 0.534. The number of alkyl halides is 1. The molecule has 2 aliphatic rings. The minimum atomic E-state index is -1.24. The van der Waals surface area contributed by atoms with Crippen molar-refractivity contribution in [3.63, 3.8) is 0 Å². The van der Waals surface area contributed by atoms with Crippen LogP contribution in [0.15, 0.2) is 24.7 Å². The largest absolute Gasteiger partial charge is 0.477 e. The topological polar surface area (TPSA) is 138 Å². The maximum absolute atomic E-state index is 14.9. The Bertz CT molecular complexity index is 1120. The Balaban J connectivity index is 1.35. The zero-order chi connectivity index (χ0) is 27.9. The van der Waals surface area contributed by atoms with Crippen LogP contribution in [0.3, 0.4) is 0 Å². The summed E-state index contributed by atoms with van der Waals surface area (Å²) in [6, 6.07) is 0.287. The van der Waals surface area contributed by atoms with Gasteiger partial charge in [0.2, 0.25) is 11.8 Å². The summed E-state index contributed by atoms with van der Waals surface area (Å²) in [6.07, 6.45) is 3.28. The lowest BCUT2D eigenvalue weighted by molar-refractivity contribution is 0.0284. The van der Waals surface area contributed by atoms with E-state index >= 15 is 0 Å². The monoisotopic (exact) mass is 545 g/mol. The van der Waals surface area contributed by atoms with Crippen LogP contribution in [-0.2, 0) is 4.74 Å². The summed E-state index contributed by atoms with van der Waals surface area (Å²) in [5, 5.41) is 5.31. The summed E-state index contributed by atoms with van der Waals surface area (Å²) in [6.45, 7) is 6.59. The van der Waals surface area contributed by atoms with E-state index in [4.69, 9.17) is 9.47 Å². The van der Waals surface area contributed by atoms with Crippen molar-refractivity contribution in [2.45, 2.75) is 45.0 Å². The van der Waals surface area contributed by atoms with Crippen molar-refractivity contribution in [2.24, 2.45) is 5.92 Å². The molecule has 14 heteroatoms. The van der Waals surface area contributed by atoms with Crippen LogP contribution >= 0.6 is 0 Å². The lowest BCUT2D eigenvalue weighted by atomic mass is 9.97. The predicted octanol–water partition coefficient (Wildman–Crippen LogP) is 2.63. The van der Waals surface area contributed by atoms with Gasteiger partial charge in [-0.15, -0.1) is 0 Å². The summed E-state index contributed by atoms with van der Waals surface area (Å²) in [7, 11) is 3.57. The third-order valence-corrected chi connectivity index (χ3v) is 6.92. The maximum Gasteiger partial charge on any atom is 0.413 e. The van der Waals surface area contributed by atoms with E-state index in [0.717, 1.165) is 19.5 Å². The number of rotatable bonds is 7. The van der Waals surface area contributed by atoms with Crippen LogP contribution in [0, 0.1) is 5.92 Å². The van der Waals surface area contributed by atoms with E-state index in [1.165, 1.54) is 30.5 Å². The van der Waals surface area contributed by atoms with E-state index in [0.29, 0.717) is 25.0 Å². The Morgan fingerprint density at radius 3 is 2.67 bits per heavy atom. The van der Waals surface area contributed by atoms with E-state index in [1.54, 1.807) is 11.0 Å². The highest BCUT2D eigenvalue weighted by molar-refractivity contribution is 5.88. The van der Waals surface area contributed by atoms with Crippen molar-refractivity contribution in [1.82, 2.24) is 29.7 Å². The number of likely N-dealkylation sites (tertiary alicyclic amines) is 1. The first-order chi connectivity index (χ1) is 18.7. The number of piperidine rings is 2. The van der Waals surface area contributed by atoms with Crippen molar-refractivity contribution in [2.75, 3.05) is 62.4 Å². The molecule has 0 radical (unpaired) electrons. The molecule has 2 fully saturated rings. The van der Waals surface area contributed by atoms with Crippen LogP contribution in [0.1, 0.15) is 26.7 Å². The second-order valence-electron chi connectivity index (χ2n) is 9.87. The van der Waals surface area contributed by atoms with Gasteiger partial charge in [-0.05, 0) is 32.9 Å². The van der Waals surface area contributed by atoms with E-state index in [1.807, 2.05) is 14.0 Å². The number of nitrogens with zero attached hydrogens (tertiary/aromatic N) is 7. The molecule has 4 atom stereocenters. The number of amides is 3. The summed E-state index contributed by atoms with van der Waals surface area (Å²) in [5.74, 6) is 1.40. The number of ether oxygens (including phenoxy) is 2. The zero-order valence-corrected chi connectivity index (χ0v) is 22.7. The Kier molecular flexibility index (Phi) is 9.28. The minimum absolute atomic E-state index is 0.165. The van der Waals surface area contributed by atoms with Crippen LogP contribution in [-0.4, -0.2) is 107 Å². The molecule has 2 aliphatic heterocycles. The number of carbonyl (C=O) groups excluding carboxylic acids is 2. The molecule has 0 unspecified atom stereocenters. The van der Waals surface area contributed by atoms with Crippen LogP contribution in [0.2, 0.25) is 0 Å². The smallest absolute Gasteiger partial charge is 0.413 e. The van der Waals surface area contributed by atoms with Crippen LogP contribution in [0.25, 0.3) is 0 Å². The number of halogens is 1. The molecule has 39 heavy (non-hydrogen) atoms. The molecule has 3 amide bonds. The SMILES string of the molecule is CCOc1cnc(NC(=O)N(C)[C@H]2CN(c3nccc(NC(=O)O[C@@H]4CCN(C)C[C@H]4C)n3)CC[C@H]2F)cn1. The second-order valence-corrected chi connectivity index (χ2v) is 9.87. The first kappa shape index (κ1) is 28.2. The standard InChI is InChI=1S/C25H36FN9O4/c1-5-38-22-13-28-21(12-29-22)31-24(36)34(4)18-15-35(11-7-17(18)26)23-27-9-6-20(30-23)32-25(37)39-19-8-10-33(3)14-16(19)2/h6,9,12-13,16-19H,5,7-8,10-11,14-15H2,1-4H3,(H,28,31,36)(H,27,30,32,37)/t16-,17-,18+,19-/m1/s1. The van der Waals surface area contributed by atoms with Gasteiger partial charge >= 0.3 is 12.1 Å². The van der Waals surface area contributed by atoms with Crippen molar-refractivity contribution in [3.05, 3.63) is 24.7 Å². The number of aromatic nitrogens is 4. The van der Waals surface area contributed by atoms with E-state index in [9.17, 15) is 14.0 Å². The highest BCUT2D eigenvalue weighted by Gasteiger charge is 2.35. The van der Waals surface area contributed by atoms with Gasteiger partial charge in [0, 0.05) is 45.3 Å². The number of nitrogens with one attached hydrogen (secondary N) is 2. The molecule has 212 valence electrons. The fourth-order valence-electron chi connectivity index (χ4n) is 4.75. The van der Waals surface area contributed by atoms with Gasteiger partial charge in [0.1, 0.15) is 18.1 Å². The summed E-state index contributed by atoms with van der Waals surface area (Å²) < 4.78 is 25.8. The molecule has 4 rings (SSSR count). The minimum Gasteiger partial charge on any atom is -0.477 e. The Morgan fingerprint density at radius 2 is 1.95 bits per heavy atom. The number of urea groups is 1. The zero-order valence-electron chi connectivity index (χ0n) is 22.7. The number of hydrogen-bond donors (Lipinski definition) is 2. The fraction of sp³-hybridized carbons (Fsp3) is 0.600. The third kappa shape index (κ3) is 7.40. The van der Waals surface area contributed by atoms with Gasteiger partial charge in [-0.1, -0.05) is 6.92 Å². The van der Waals surface area contributed by atoms with Crippen LogP contribution in [0.4, 0.5) is 31.6 Å².